The number of carbonyl (C=O) groups excluding carboxylic acids is 2. The number of aryl methyl sites for hydroxylation is 1. The Morgan fingerprint density at radius 2 is 1.59 bits per heavy atom. The van der Waals surface area contributed by atoms with Gasteiger partial charge in [0.2, 0.25) is 0 Å². The van der Waals surface area contributed by atoms with Crippen molar-refractivity contribution < 1.29 is 32.9 Å². The van der Waals surface area contributed by atoms with Gasteiger partial charge < -0.3 is 24.5 Å². The molecule has 1 aliphatic heterocycles. The van der Waals surface area contributed by atoms with Crippen molar-refractivity contribution in [3.8, 4) is 0 Å². The molecule has 2 heterocycles. The molecular weight excluding hydrogens is 557 g/mol. The summed E-state index contributed by atoms with van der Waals surface area (Å²) >= 11 is 0. The molecule has 1 saturated heterocycles. The van der Waals surface area contributed by atoms with Crippen LogP contribution >= 0.6 is 7.67 Å². The first-order chi connectivity index (χ1) is 19.2. The molecular formula is C26H46N5O9P. The zero-order valence-electron chi connectivity index (χ0n) is 25.0. The predicted molar refractivity (Wildman–Crippen MR) is 152 cm³/mol. The Bertz CT molecular complexity index is 1150. The standard InChI is InChI=1S/C26H46N5O9P/c1-8-37-24(33)19(10-15(3)4)29-41(36,30-20(11-16(5)6)25(34)38-9-2)39-14-21-18(27)12-22(40-21)31-13-17(7)23(32)28-26(31)35/h13,15-16,18-22H,8-12,14,27H2,1-7H3,(H,28,32,35)(H2,29,30,36)/t18?,19-,20-,21?,22?/m0/s1. The Balaban J connectivity index is 2.33. The van der Waals surface area contributed by atoms with Crippen LogP contribution in [-0.4, -0.2) is 65.5 Å². The number of carbonyl (C=O) groups is 2. The van der Waals surface area contributed by atoms with Crippen LogP contribution in [0.2, 0.25) is 0 Å². The monoisotopic (exact) mass is 603 g/mol. The van der Waals surface area contributed by atoms with Crippen molar-refractivity contribution in [2.45, 2.75) is 98.2 Å². The van der Waals surface area contributed by atoms with E-state index in [1.165, 1.54) is 10.8 Å². The van der Waals surface area contributed by atoms with E-state index in [0.717, 1.165) is 0 Å². The van der Waals surface area contributed by atoms with Crippen LogP contribution in [-0.2, 0) is 32.9 Å². The van der Waals surface area contributed by atoms with E-state index in [-0.39, 0.29) is 50.9 Å². The van der Waals surface area contributed by atoms with Gasteiger partial charge in [0, 0.05) is 24.2 Å². The third-order valence-electron chi connectivity index (χ3n) is 6.37. The number of hydrogen-bond acceptors (Lipinski definition) is 10. The van der Waals surface area contributed by atoms with E-state index < -0.39 is 61.3 Å². The smallest absolute Gasteiger partial charge is 0.342 e. The fourth-order valence-electron chi connectivity index (χ4n) is 4.42. The summed E-state index contributed by atoms with van der Waals surface area (Å²) in [6.07, 6.45) is 0.608. The second-order valence-corrected chi connectivity index (χ2v) is 12.9. The Morgan fingerprint density at radius 3 is 2.05 bits per heavy atom. The van der Waals surface area contributed by atoms with Gasteiger partial charge >= 0.3 is 25.3 Å². The first-order valence-electron chi connectivity index (χ1n) is 14.1. The first kappa shape index (κ1) is 34.8. The Labute approximate surface area is 240 Å². The van der Waals surface area contributed by atoms with Gasteiger partial charge in [-0.05, 0) is 45.4 Å². The van der Waals surface area contributed by atoms with Crippen LogP contribution in [0.5, 0.6) is 0 Å². The molecule has 5 atom stereocenters. The molecule has 1 aromatic heterocycles. The summed E-state index contributed by atoms with van der Waals surface area (Å²) in [5.74, 6) is -1.14. The van der Waals surface area contributed by atoms with Crippen molar-refractivity contribution >= 4 is 19.6 Å². The topological polar surface area (TPSA) is 193 Å². The fourth-order valence-corrected chi connectivity index (χ4v) is 6.24. The van der Waals surface area contributed by atoms with Crippen LogP contribution < -0.4 is 27.2 Å². The molecule has 0 aliphatic carbocycles. The van der Waals surface area contributed by atoms with Gasteiger partial charge in [-0.15, -0.1) is 0 Å². The maximum Gasteiger partial charge on any atom is 0.342 e. The lowest BCUT2D eigenvalue weighted by atomic mass is 10.1. The molecule has 1 aliphatic rings. The number of nitrogens with two attached hydrogens (primary N) is 1. The molecule has 41 heavy (non-hydrogen) atoms. The molecule has 234 valence electrons. The summed E-state index contributed by atoms with van der Waals surface area (Å²) in [4.78, 5) is 51.9. The van der Waals surface area contributed by atoms with Crippen LogP contribution in [0.4, 0.5) is 0 Å². The third kappa shape index (κ3) is 10.5. The highest BCUT2D eigenvalue weighted by Gasteiger charge is 2.40. The van der Waals surface area contributed by atoms with E-state index in [9.17, 15) is 23.7 Å². The number of hydrogen-bond donors (Lipinski definition) is 4. The minimum atomic E-state index is -4.15. The van der Waals surface area contributed by atoms with E-state index >= 15 is 0 Å². The molecule has 0 spiro atoms. The second kappa shape index (κ2) is 15.8. The van der Waals surface area contributed by atoms with E-state index in [4.69, 9.17) is 24.5 Å². The lowest BCUT2D eigenvalue weighted by Gasteiger charge is -2.30. The molecule has 3 unspecified atom stereocenters. The summed E-state index contributed by atoms with van der Waals surface area (Å²) in [5, 5.41) is 5.60. The van der Waals surface area contributed by atoms with Gasteiger partial charge in [-0.1, -0.05) is 27.7 Å². The van der Waals surface area contributed by atoms with Crippen molar-refractivity contribution in [2.75, 3.05) is 19.8 Å². The van der Waals surface area contributed by atoms with Crippen molar-refractivity contribution in [1.82, 2.24) is 19.7 Å². The molecule has 2 rings (SSSR count). The predicted octanol–water partition coefficient (Wildman–Crippen LogP) is 1.72. The number of H-pyrrole nitrogens is 1. The largest absolute Gasteiger partial charge is 0.465 e. The molecule has 0 saturated carbocycles. The van der Waals surface area contributed by atoms with Crippen molar-refractivity contribution in [3.63, 3.8) is 0 Å². The lowest BCUT2D eigenvalue weighted by Crippen LogP contribution is -2.46. The van der Waals surface area contributed by atoms with E-state index in [2.05, 4.69) is 15.2 Å². The SMILES string of the molecule is CCOC(=O)[C@H](CC(C)C)NP(=O)(N[C@@H](CC(C)C)C(=O)OCC)OCC1OC(n2cc(C)c(=O)[nH]c2=O)CC1N. The van der Waals surface area contributed by atoms with Crippen LogP contribution in [0.3, 0.4) is 0 Å². The first-order valence-corrected chi connectivity index (χ1v) is 15.7. The number of rotatable bonds is 16. The van der Waals surface area contributed by atoms with Crippen LogP contribution in [0.1, 0.15) is 72.6 Å². The van der Waals surface area contributed by atoms with Gasteiger partial charge in [0.05, 0.1) is 25.9 Å². The molecule has 1 fully saturated rings. The maximum absolute atomic E-state index is 14.3. The molecule has 0 aromatic carbocycles. The van der Waals surface area contributed by atoms with Crippen LogP contribution in [0.25, 0.3) is 0 Å². The number of ether oxygens (including phenoxy) is 3. The third-order valence-corrected chi connectivity index (χ3v) is 8.18. The van der Waals surface area contributed by atoms with Gasteiger partial charge in [-0.2, -0.15) is 0 Å². The molecule has 15 heteroatoms. The van der Waals surface area contributed by atoms with Crippen molar-refractivity contribution in [2.24, 2.45) is 17.6 Å². The van der Waals surface area contributed by atoms with E-state index in [1.807, 2.05) is 27.7 Å². The number of esters is 2. The molecule has 14 nitrogen and oxygen atoms in total. The Kier molecular flexibility index (Phi) is 13.4. The Morgan fingerprint density at radius 1 is 1.07 bits per heavy atom. The van der Waals surface area contributed by atoms with Gasteiger partial charge in [-0.25, -0.2) is 15.0 Å². The fraction of sp³-hybridized carbons (Fsp3) is 0.769. The number of aromatic amines is 1. The summed E-state index contributed by atoms with van der Waals surface area (Å²) in [6, 6.07) is -2.60. The van der Waals surface area contributed by atoms with Crippen LogP contribution in [0, 0.1) is 18.8 Å². The summed E-state index contributed by atoms with van der Waals surface area (Å²) in [5.41, 5.74) is 5.47. The number of nitrogens with one attached hydrogen (secondary N) is 3. The number of nitrogens with zero attached hydrogens (tertiary/aromatic N) is 1. The van der Waals surface area contributed by atoms with Gasteiger partial charge in [0.25, 0.3) is 5.56 Å². The summed E-state index contributed by atoms with van der Waals surface area (Å²) in [6.45, 7) is 12.5. The van der Waals surface area contributed by atoms with Gasteiger partial charge in [0.15, 0.2) is 0 Å². The van der Waals surface area contributed by atoms with Crippen LogP contribution in [0.15, 0.2) is 15.8 Å². The molecule has 5 N–H and O–H groups in total. The zero-order valence-corrected chi connectivity index (χ0v) is 25.9. The van der Waals surface area contributed by atoms with Gasteiger partial charge in [-0.3, -0.25) is 28.5 Å². The summed E-state index contributed by atoms with van der Waals surface area (Å²) < 4.78 is 37.8. The molecule has 1 aromatic rings. The highest BCUT2D eigenvalue weighted by atomic mass is 31.2. The van der Waals surface area contributed by atoms with Crippen molar-refractivity contribution in [1.29, 1.82) is 0 Å². The minimum absolute atomic E-state index is 0.0355. The average molecular weight is 604 g/mol. The lowest BCUT2D eigenvalue weighted by molar-refractivity contribution is -0.146. The molecule has 0 bridgehead atoms. The molecule has 0 amide bonds. The second-order valence-electron chi connectivity index (χ2n) is 11.0. The zero-order chi connectivity index (χ0) is 30.9. The average Bonchev–Trinajstić information content (AvgIpc) is 3.24. The van der Waals surface area contributed by atoms with Gasteiger partial charge in [0.1, 0.15) is 18.3 Å². The van der Waals surface area contributed by atoms with E-state index in [1.54, 1.807) is 20.8 Å². The number of aromatic nitrogens is 2. The molecule has 0 radical (unpaired) electrons. The highest BCUT2D eigenvalue weighted by Crippen LogP contribution is 2.42. The quantitative estimate of drug-likeness (QED) is 0.158. The van der Waals surface area contributed by atoms with Crippen molar-refractivity contribution in [3.05, 3.63) is 32.6 Å². The maximum atomic E-state index is 14.3. The summed E-state index contributed by atoms with van der Waals surface area (Å²) in [7, 11) is -4.15. The minimum Gasteiger partial charge on any atom is -0.465 e. The van der Waals surface area contributed by atoms with E-state index in [0.29, 0.717) is 5.56 Å². The highest BCUT2D eigenvalue weighted by molar-refractivity contribution is 7.54. The Hall–Kier alpha value is -2.35. The normalized spacial score (nSPS) is 20.8.